The number of methoxy groups -OCH3 is 1. The number of hydrogen-bond acceptors (Lipinski definition) is 4. The lowest BCUT2D eigenvalue weighted by Crippen LogP contribution is -2.48. The fourth-order valence-electron chi connectivity index (χ4n) is 3.04. The molecule has 1 aliphatic rings. The maximum absolute atomic E-state index is 11.2. The Balaban J connectivity index is 2.09. The van der Waals surface area contributed by atoms with Crippen LogP contribution in [0.3, 0.4) is 0 Å². The van der Waals surface area contributed by atoms with Crippen LogP contribution in [0.4, 0.5) is 0 Å². The summed E-state index contributed by atoms with van der Waals surface area (Å²) in [6.07, 6.45) is -1.49. The lowest BCUT2D eigenvalue weighted by molar-refractivity contribution is -0.158. The molecular weight excluding hydrogens is 294 g/mol. The summed E-state index contributed by atoms with van der Waals surface area (Å²) in [6, 6.07) is 19.4. The van der Waals surface area contributed by atoms with Crippen molar-refractivity contribution >= 4 is 5.97 Å². The van der Waals surface area contributed by atoms with Gasteiger partial charge >= 0.3 is 5.97 Å². The Bertz CT molecular complexity index is 620. The van der Waals surface area contributed by atoms with E-state index in [2.05, 4.69) is 5.32 Å². The minimum atomic E-state index is -0.980. The molecule has 0 radical (unpaired) electrons. The lowest BCUT2D eigenvalue weighted by Gasteiger charge is -2.38. The van der Waals surface area contributed by atoms with Crippen molar-refractivity contribution in [3.63, 3.8) is 0 Å². The normalized spacial score (nSPS) is 21.3. The number of rotatable bonds is 5. The average Bonchev–Trinajstić information content (AvgIpc) is 3.09. The van der Waals surface area contributed by atoms with Gasteiger partial charge in [0.05, 0.1) is 0 Å². The molecule has 0 aromatic heterocycles. The maximum Gasteiger partial charge on any atom is 0.334 e. The molecule has 1 heterocycles. The van der Waals surface area contributed by atoms with Crippen LogP contribution in [0.5, 0.6) is 0 Å². The first-order valence-electron chi connectivity index (χ1n) is 7.46. The molecule has 2 N–H and O–H groups in total. The summed E-state index contributed by atoms with van der Waals surface area (Å²) in [5.41, 5.74) is 0.877. The summed E-state index contributed by atoms with van der Waals surface area (Å²) < 4.78 is 11.7. The number of carbonyl (C=O) groups is 1. The second-order valence-corrected chi connectivity index (χ2v) is 5.42. The van der Waals surface area contributed by atoms with Gasteiger partial charge in [0.15, 0.2) is 11.7 Å². The van der Waals surface area contributed by atoms with Crippen LogP contribution in [0.25, 0.3) is 0 Å². The van der Waals surface area contributed by atoms with Gasteiger partial charge in [0.25, 0.3) is 0 Å². The van der Waals surface area contributed by atoms with Crippen molar-refractivity contribution in [2.75, 3.05) is 13.7 Å². The first-order chi connectivity index (χ1) is 11.2. The first kappa shape index (κ1) is 15.7. The molecule has 5 heteroatoms. The molecule has 1 aliphatic heterocycles. The van der Waals surface area contributed by atoms with Gasteiger partial charge in [-0.2, -0.15) is 0 Å². The smallest absolute Gasteiger partial charge is 0.334 e. The first-order valence-corrected chi connectivity index (χ1v) is 7.46. The van der Waals surface area contributed by atoms with E-state index < -0.39 is 23.9 Å². The van der Waals surface area contributed by atoms with Crippen LogP contribution in [-0.4, -0.2) is 37.1 Å². The van der Waals surface area contributed by atoms with Crippen LogP contribution < -0.4 is 5.32 Å². The van der Waals surface area contributed by atoms with Crippen LogP contribution >= 0.6 is 0 Å². The van der Waals surface area contributed by atoms with Crippen molar-refractivity contribution in [1.29, 1.82) is 0 Å². The van der Waals surface area contributed by atoms with E-state index in [0.29, 0.717) is 0 Å². The zero-order chi connectivity index (χ0) is 16.3. The van der Waals surface area contributed by atoms with Crippen molar-refractivity contribution < 1.29 is 19.4 Å². The number of nitrogens with one attached hydrogen (secondary N) is 1. The van der Waals surface area contributed by atoms with Gasteiger partial charge < -0.3 is 14.6 Å². The molecule has 0 saturated carbocycles. The third-order valence-corrected chi connectivity index (χ3v) is 4.16. The monoisotopic (exact) mass is 313 g/mol. The fourth-order valence-corrected chi connectivity index (χ4v) is 3.04. The highest BCUT2D eigenvalue weighted by Crippen LogP contribution is 2.38. The zero-order valence-electron chi connectivity index (χ0n) is 12.8. The molecule has 120 valence electrons. The van der Waals surface area contributed by atoms with Crippen molar-refractivity contribution in [1.82, 2.24) is 5.32 Å². The summed E-state index contributed by atoms with van der Waals surface area (Å²) >= 11 is 0. The van der Waals surface area contributed by atoms with Crippen molar-refractivity contribution in [3.05, 3.63) is 71.8 Å². The van der Waals surface area contributed by atoms with E-state index in [-0.39, 0.29) is 6.54 Å². The number of aliphatic carboxylic acids is 1. The van der Waals surface area contributed by atoms with E-state index in [1.807, 2.05) is 60.7 Å². The van der Waals surface area contributed by atoms with Crippen LogP contribution in [0.15, 0.2) is 60.7 Å². The Morgan fingerprint density at radius 2 is 1.65 bits per heavy atom. The zero-order valence-corrected chi connectivity index (χ0v) is 12.8. The second kappa shape index (κ2) is 6.50. The Morgan fingerprint density at radius 1 is 1.13 bits per heavy atom. The van der Waals surface area contributed by atoms with Gasteiger partial charge in [-0.05, 0) is 11.1 Å². The molecule has 0 bridgehead atoms. The van der Waals surface area contributed by atoms with Gasteiger partial charge in [-0.3, -0.25) is 5.32 Å². The largest absolute Gasteiger partial charge is 0.479 e. The molecule has 23 heavy (non-hydrogen) atoms. The minimum Gasteiger partial charge on any atom is -0.479 e. The summed E-state index contributed by atoms with van der Waals surface area (Å²) in [5, 5.41) is 12.4. The number of carboxylic acids is 1. The molecule has 2 atom stereocenters. The van der Waals surface area contributed by atoms with Gasteiger partial charge in [0.2, 0.25) is 0 Å². The highest BCUT2D eigenvalue weighted by atomic mass is 16.6. The molecule has 5 nitrogen and oxygen atoms in total. The van der Waals surface area contributed by atoms with Crippen LogP contribution in [-0.2, 0) is 19.9 Å². The average molecular weight is 313 g/mol. The molecule has 3 rings (SSSR count). The number of ether oxygens (including phenoxy) is 2. The predicted octanol–water partition coefficient (Wildman–Crippen LogP) is 1.98. The number of hydrogen-bond donors (Lipinski definition) is 2. The molecule has 1 fully saturated rings. The van der Waals surface area contributed by atoms with Gasteiger partial charge in [-0.1, -0.05) is 60.7 Å². The Hall–Kier alpha value is -2.21. The second-order valence-electron chi connectivity index (χ2n) is 5.42. The van der Waals surface area contributed by atoms with Gasteiger partial charge in [-0.25, -0.2) is 4.79 Å². The molecular formula is C18H19NO4. The summed E-state index contributed by atoms with van der Waals surface area (Å²) in [5.74, 6) is -0.980. The topological polar surface area (TPSA) is 67.8 Å². The van der Waals surface area contributed by atoms with E-state index in [4.69, 9.17) is 9.47 Å². The van der Waals surface area contributed by atoms with Gasteiger partial charge in [0, 0.05) is 13.7 Å². The molecule has 0 spiro atoms. The SMILES string of the molecule is COC(c1ccccc1)(c1ccccc1)[C@H]1NC[C@H](C(=O)O)O1. The fraction of sp³-hybridized carbons (Fsp3) is 0.278. The van der Waals surface area contributed by atoms with Crippen molar-refractivity contribution in [3.8, 4) is 0 Å². The molecule has 2 aromatic carbocycles. The summed E-state index contributed by atoms with van der Waals surface area (Å²) in [4.78, 5) is 11.2. The van der Waals surface area contributed by atoms with Crippen LogP contribution in [0, 0.1) is 0 Å². The van der Waals surface area contributed by atoms with Gasteiger partial charge in [0.1, 0.15) is 6.23 Å². The molecule has 0 unspecified atom stereocenters. The molecule has 0 aliphatic carbocycles. The van der Waals surface area contributed by atoms with E-state index >= 15 is 0 Å². The van der Waals surface area contributed by atoms with Crippen LogP contribution in [0.2, 0.25) is 0 Å². The molecule has 0 amide bonds. The van der Waals surface area contributed by atoms with Crippen LogP contribution in [0.1, 0.15) is 11.1 Å². The van der Waals surface area contributed by atoms with Gasteiger partial charge in [-0.15, -0.1) is 0 Å². The Kier molecular flexibility index (Phi) is 4.43. The predicted molar refractivity (Wildman–Crippen MR) is 85.0 cm³/mol. The lowest BCUT2D eigenvalue weighted by atomic mass is 9.84. The summed E-state index contributed by atoms with van der Waals surface area (Å²) in [7, 11) is 1.61. The van der Waals surface area contributed by atoms with E-state index in [9.17, 15) is 9.90 Å². The third kappa shape index (κ3) is 2.74. The third-order valence-electron chi connectivity index (χ3n) is 4.16. The Morgan fingerprint density at radius 3 is 2.04 bits per heavy atom. The van der Waals surface area contributed by atoms with Crippen molar-refractivity contribution in [2.45, 2.75) is 17.9 Å². The highest BCUT2D eigenvalue weighted by molar-refractivity contribution is 5.73. The maximum atomic E-state index is 11.2. The highest BCUT2D eigenvalue weighted by Gasteiger charge is 2.48. The molecule has 2 aromatic rings. The Labute approximate surface area is 134 Å². The standard InChI is InChI=1S/C18H19NO4/c1-22-18(13-8-4-2-5-9-13,14-10-6-3-7-11-14)17-19-12-15(23-17)16(20)21/h2-11,15,17,19H,12H2,1H3,(H,20,21)/t15-,17+/m1/s1. The number of benzene rings is 2. The van der Waals surface area contributed by atoms with Crippen molar-refractivity contribution in [2.24, 2.45) is 0 Å². The van der Waals surface area contributed by atoms with E-state index in [1.54, 1.807) is 7.11 Å². The minimum absolute atomic E-state index is 0.241. The van der Waals surface area contributed by atoms with E-state index in [0.717, 1.165) is 11.1 Å². The quantitative estimate of drug-likeness (QED) is 0.883. The summed E-state index contributed by atoms with van der Waals surface area (Å²) in [6.45, 7) is 0.241. The number of carboxylic acid groups (broad SMARTS) is 1. The van der Waals surface area contributed by atoms with E-state index in [1.165, 1.54) is 0 Å². The molecule has 1 saturated heterocycles.